The maximum Gasteiger partial charge on any atom is 0.321 e. The Morgan fingerprint density at radius 1 is 1.20 bits per heavy atom. The van der Waals surface area contributed by atoms with Crippen LogP contribution in [0.5, 0.6) is 0 Å². The highest BCUT2D eigenvalue weighted by Crippen LogP contribution is 2.18. The van der Waals surface area contributed by atoms with Gasteiger partial charge in [0, 0.05) is 13.0 Å². The number of hydrogen-bond acceptors (Lipinski definition) is 6. The Morgan fingerprint density at radius 3 is 2.72 bits per heavy atom. The number of amides is 2. The van der Waals surface area contributed by atoms with Crippen molar-refractivity contribution in [1.82, 2.24) is 15.5 Å². The fraction of sp³-hybridized carbons (Fsp3) is 0.438. The highest BCUT2D eigenvalue weighted by molar-refractivity contribution is 7.91. The zero-order valence-corrected chi connectivity index (χ0v) is 15.3. The van der Waals surface area contributed by atoms with Crippen LogP contribution in [0.25, 0.3) is 0 Å². The van der Waals surface area contributed by atoms with Crippen LogP contribution in [0, 0.1) is 5.92 Å². The van der Waals surface area contributed by atoms with Gasteiger partial charge in [-0.15, -0.1) is 10.2 Å². The van der Waals surface area contributed by atoms with E-state index >= 15 is 0 Å². The van der Waals surface area contributed by atoms with E-state index in [-0.39, 0.29) is 23.5 Å². The van der Waals surface area contributed by atoms with Gasteiger partial charge >= 0.3 is 6.03 Å². The molecule has 1 aliphatic heterocycles. The lowest BCUT2D eigenvalue weighted by atomic mass is 10.1. The topological polar surface area (TPSA) is 101 Å². The highest BCUT2D eigenvalue weighted by atomic mass is 32.2. The molecular formula is C16H20N4O3S2. The number of anilines is 1. The number of nitrogens with zero attached hydrogens (tertiary/aromatic N) is 2. The van der Waals surface area contributed by atoms with Crippen molar-refractivity contribution in [2.75, 3.05) is 23.4 Å². The summed E-state index contributed by atoms with van der Waals surface area (Å²) in [5.41, 5.74) is 1.23. The lowest BCUT2D eigenvalue weighted by molar-refractivity contribution is 0.250. The average Bonchev–Trinajstić information content (AvgIpc) is 3.18. The summed E-state index contributed by atoms with van der Waals surface area (Å²) in [5, 5.41) is 14.7. The Morgan fingerprint density at radius 2 is 2.00 bits per heavy atom. The molecule has 0 spiro atoms. The van der Waals surface area contributed by atoms with Crippen LogP contribution in [0.3, 0.4) is 0 Å². The molecule has 1 aromatic carbocycles. The van der Waals surface area contributed by atoms with Gasteiger partial charge in [0.25, 0.3) is 0 Å². The number of urea groups is 1. The second-order valence-electron chi connectivity index (χ2n) is 6.09. The van der Waals surface area contributed by atoms with Crippen molar-refractivity contribution in [2.45, 2.75) is 19.3 Å². The van der Waals surface area contributed by atoms with E-state index < -0.39 is 9.84 Å². The third kappa shape index (κ3) is 5.50. The molecule has 1 atom stereocenters. The number of nitrogens with one attached hydrogen (secondary N) is 2. The average molecular weight is 380 g/mol. The summed E-state index contributed by atoms with van der Waals surface area (Å²) in [6.45, 7) is 0.352. The zero-order chi connectivity index (χ0) is 17.7. The standard InChI is InChI=1S/C16H20N4O3S2/c21-15(17-10-13-8-9-25(22,23)11-13)18-16-20-19-14(24-16)7-6-12-4-2-1-3-5-12/h1-5,13H,6-11H2,(H2,17,18,20,21)/t13-/m1/s1. The summed E-state index contributed by atoms with van der Waals surface area (Å²) >= 11 is 1.35. The van der Waals surface area contributed by atoms with Crippen molar-refractivity contribution < 1.29 is 13.2 Å². The van der Waals surface area contributed by atoms with Gasteiger partial charge in [-0.05, 0) is 24.3 Å². The van der Waals surface area contributed by atoms with Gasteiger partial charge in [-0.3, -0.25) is 5.32 Å². The Kier molecular flexibility index (Phi) is 5.64. The maximum atomic E-state index is 11.9. The van der Waals surface area contributed by atoms with Crippen molar-refractivity contribution in [2.24, 2.45) is 5.92 Å². The fourth-order valence-corrected chi connectivity index (χ4v) is 5.31. The molecule has 134 valence electrons. The third-order valence-corrected chi connectivity index (χ3v) is 6.77. The molecule has 0 saturated carbocycles. The number of carbonyl (C=O) groups is 1. The molecule has 9 heteroatoms. The second-order valence-corrected chi connectivity index (χ2v) is 9.38. The van der Waals surface area contributed by atoms with Crippen LogP contribution in [-0.2, 0) is 22.7 Å². The van der Waals surface area contributed by atoms with Crippen LogP contribution >= 0.6 is 11.3 Å². The van der Waals surface area contributed by atoms with Gasteiger partial charge in [-0.1, -0.05) is 41.7 Å². The molecule has 7 nitrogen and oxygen atoms in total. The number of hydrogen-bond donors (Lipinski definition) is 2. The quantitative estimate of drug-likeness (QED) is 0.797. The van der Waals surface area contributed by atoms with Crippen LogP contribution < -0.4 is 10.6 Å². The van der Waals surface area contributed by atoms with Crippen molar-refractivity contribution in [3.63, 3.8) is 0 Å². The normalized spacial score (nSPS) is 18.8. The first kappa shape index (κ1) is 17.8. The number of rotatable bonds is 6. The molecule has 0 unspecified atom stereocenters. The minimum Gasteiger partial charge on any atom is -0.337 e. The Bertz CT molecular complexity index is 821. The number of aryl methyl sites for hydroxylation is 2. The summed E-state index contributed by atoms with van der Waals surface area (Å²) in [7, 11) is -2.92. The predicted octanol–water partition coefficient (Wildman–Crippen LogP) is 1.88. The first-order valence-electron chi connectivity index (χ1n) is 8.12. The van der Waals surface area contributed by atoms with E-state index in [4.69, 9.17) is 0 Å². The summed E-state index contributed by atoms with van der Waals surface area (Å²) < 4.78 is 22.8. The molecule has 0 bridgehead atoms. The number of aromatic nitrogens is 2. The molecule has 2 amide bonds. The third-order valence-electron chi connectivity index (χ3n) is 4.04. The SMILES string of the molecule is O=C(NC[C@H]1CCS(=O)(=O)C1)Nc1nnc(CCc2ccccc2)s1. The summed E-state index contributed by atoms with van der Waals surface area (Å²) in [6.07, 6.45) is 2.24. The monoisotopic (exact) mass is 380 g/mol. The van der Waals surface area contributed by atoms with Crippen LogP contribution in [0.4, 0.5) is 9.93 Å². The molecule has 2 N–H and O–H groups in total. The lowest BCUT2D eigenvalue weighted by Gasteiger charge is -2.09. The van der Waals surface area contributed by atoms with Crippen LogP contribution in [0.1, 0.15) is 17.0 Å². The van der Waals surface area contributed by atoms with Gasteiger partial charge in [0.2, 0.25) is 5.13 Å². The van der Waals surface area contributed by atoms with Gasteiger partial charge in [0.15, 0.2) is 9.84 Å². The van der Waals surface area contributed by atoms with Gasteiger partial charge in [-0.25, -0.2) is 13.2 Å². The summed E-state index contributed by atoms with van der Waals surface area (Å²) in [6, 6.07) is 9.74. The van der Waals surface area contributed by atoms with Crippen LogP contribution in [-0.4, -0.2) is 42.7 Å². The highest BCUT2D eigenvalue weighted by Gasteiger charge is 2.27. The van der Waals surface area contributed by atoms with Crippen molar-refractivity contribution in [1.29, 1.82) is 0 Å². The summed E-state index contributed by atoms with van der Waals surface area (Å²) in [5.74, 6) is 0.351. The molecule has 1 fully saturated rings. The lowest BCUT2D eigenvalue weighted by Crippen LogP contribution is -2.33. The number of sulfone groups is 1. The minimum atomic E-state index is -2.92. The number of benzene rings is 1. The number of carbonyl (C=O) groups excluding carboxylic acids is 1. The molecule has 2 heterocycles. The van der Waals surface area contributed by atoms with E-state index in [0.29, 0.717) is 18.1 Å². The molecule has 2 aromatic rings. The van der Waals surface area contributed by atoms with E-state index in [1.165, 1.54) is 16.9 Å². The van der Waals surface area contributed by atoms with Gasteiger partial charge in [0.1, 0.15) is 5.01 Å². The van der Waals surface area contributed by atoms with Gasteiger partial charge in [-0.2, -0.15) is 0 Å². The van der Waals surface area contributed by atoms with Crippen LogP contribution in [0.2, 0.25) is 0 Å². The molecule has 0 radical (unpaired) electrons. The van der Waals surface area contributed by atoms with E-state index in [1.54, 1.807) is 0 Å². The van der Waals surface area contributed by atoms with Crippen molar-refractivity contribution in [3.8, 4) is 0 Å². The Hall–Kier alpha value is -2.00. The maximum absolute atomic E-state index is 11.9. The molecule has 3 rings (SSSR count). The Balaban J connectivity index is 1.42. The van der Waals surface area contributed by atoms with E-state index in [2.05, 4.69) is 33.0 Å². The van der Waals surface area contributed by atoms with E-state index in [0.717, 1.165) is 17.8 Å². The molecular weight excluding hydrogens is 360 g/mol. The first-order chi connectivity index (χ1) is 12.0. The largest absolute Gasteiger partial charge is 0.337 e. The molecule has 0 aliphatic carbocycles. The molecule has 1 aromatic heterocycles. The smallest absolute Gasteiger partial charge is 0.321 e. The van der Waals surface area contributed by atoms with Crippen molar-refractivity contribution in [3.05, 3.63) is 40.9 Å². The van der Waals surface area contributed by atoms with Crippen molar-refractivity contribution >= 4 is 32.3 Å². The Labute approximate surface area is 150 Å². The van der Waals surface area contributed by atoms with E-state index in [1.807, 2.05) is 18.2 Å². The fourth-order valence-electron chi connectivity index (χ4n) is 2.71. The van der Waals surface area contributed by atoms with Gasteiger partial charge < -0.3 is 5.32 Å². The summed E-state index contributed by atoms with van der Waals surface area (Å²) in [4.78, 5) is 11.9. The van der Waals surface area contributed by atoms with Gasteiger partial charge in [0.05, 0.1) is 11.5 Å². The molecule has 1 aliphatic rings. The first-order valence-corrected chi connectivity index (χ1v) is 10.8. The second kappa shape index (κ2) is 7.92. The predicted molar refractivity (Wildman–Crippen MR) is 97.5 cm³/mol. The minimum absolute atomic E-state index is 0.00777. The van der Waals surface area contributed by atoms with Crippen LogP contribution in [0.15, 0.2) is 30.3 Å². The zero-order valence-electron chi connectivity index (χ0n) is 13.6. The molecule has 25 heavy (non-hydrogen) atoms. The molecule has 1 saturated heterocycles. The van der Waals surface area contributed by atoms with E-state index in [9.17, 15) is 13.2 Å².